The van der Waals surface area contributed by atoms with Crippen LogP contribution in [0.3, 0.4) is 0 Å². The van der Waals surface area contributed by atoms with Crippen LogP contribution in [-0.2, 0) is 14.3 Å². The quantitative estimate of drug-likeness (QED) is 0.0970. The average molecular weight is 642 g/mol. The van der Waals surface area contributed by atoms with Crippen LogP contribution >= 0.6 is 0 Å². The van der Waals surface area contributed by atoms with Gasteiger partial charge in [0.05, 0.1) is 0 Å². The number of hydrogen-bond donors (Lipinski definition) is 0. The summed E-state index contributed by atoms with van der Waals surface area (Å²) in [5.74, 6) is 4.55. The summed E-state index contributed by atoms with van der Waals surface area (Å²) in [6.07, 6.45) is 18.0. The van der Waals surface area contributed by atoms with E-state index in [1.165, 1.54) is 51.4 Å². The van der Waals surface area contributed by atoms with Crippen molar-refractivity contribution in [3.63, 3.8) is 0 Å². The summed E-state index contributed by atoms with van der Waals surface area (Å²) in [5, 5.41) is 0. The normalized spacial score (nSPS) is 33.0. The van der Waals surface area contributed by atoms with Crippen molar-refractivity contribution < 1.29 is 14.3 Å². The van der Waals surface area contributed by atoms with Crippen molar-refractivity contribution in [1.82, 2.24) is 14.7 Å². The van der Waals surface area contributed by atoms with E-state index in [2.05, 4.69) is 78.7 Å². The van der Waals surface area contributed by atoms with Gasteiger partial charge >= 0.3 is 5.97 Å². The van der Waals surface area contributed by atoms with Gasteiger partial charge in [-0.2, -0.15) is 0 Å². The Labute approximate surface area is 283 Å². The molecule has 0 aromatic rings. The molecule has 4 aliphatic carbocycles. The van der Waals surface area contributed by atoms with Gasteiger partial charge in [-0.05, 0) is 145 Å². The van der Waals surface area contributed by atoms with E-state index in [-0.39, 0.29) is 29.8 Å². The van der Waals surface area contributed by atoms with E-state index in [4.69, 9.17) is 4.74 Å². The third-order valence-electron chi connectivity index (χ3n) is 13.3. The molecule has 4 aliphatic rings. The third-order valence-corrected chi connectivity index (χ3v) is 13.3. The molecule has 3 fully saturated rings. The SMILES string of the molecule is CC(C)CCCC(C)[C@H]1CC[C@H]2[C@@H]3CC=C4C[C@@H](OC(=O)CC(=O)N(CCCN(C)C)CCCN(C)C)CC[C@]4(C)[C@H]3CC[C@]12C. The van der Waals surface area contributed by atoms with Gasteiger partial charge in [-0.3, -0.25) is 9.59 Å². The van der Waals surface area contributed by atoms with Crippen LogP contribution < -0.4 is 0 Å². The number of rotatable bonds is 16. The number of ether oxygens (including phenoxy) is 1. The van der Waals surface area contributed by atoms with Crippen molar-refractivity contribution in [2.24, 2.45) is 46.3 Å². The number of nitrogens with zero attached hydrogens (tertiary/aromatic N) is 3. The van der Waals surface area contributed by atoms with Crippen LogP contribution in [0.5, 0.6) is 0 Å². The molecule has 264 valence electrons. The van der Waals surface area contributed by atoms with Crippen molar-refractivity contribution >= 4 is 11.9 Å². The second-order valence-corrected chi connectivity index (χ2v) is 17.5. The standard InChI is InChI=1S/C40H71N3O3/c1-29(2)13-10-14-30(3)34-17-18-35-33-16-15-31-27-32(19-21-39(31,4)36(33)20-22-40(34,35)5)46-38(45)28-37(44)43(25-11-23-41(6)7)26-12-24-42(8)9/h15,29-30,32-36H,10-14,16-28H2,1-9H3/t30?,32-,33-,34+,35-,36-,39-,40+/m0/s1. The molecule has 46 heavy (non-hydrogen) atoms. The fourth-order valence-electron chi connectivity index (χ4n) is 10.7. The first-order valence-electron chi connectivity index (χ1n) is 19.2. The largest absolute Gasteiger partial charge is 0.462 e. The summed E-state index contributed by atoms with van der Waals surface area (Å²) in [7, 11) is 8.22. The molecule has 6 heteroatoms. The highest BCUT2D eigenvalue weighted by atomic mass is 16.5. The predicted octanol–water partition coefficient (Wildman–Crippen LogP) is 8.06. The maximum absolute atomic E-state index is 13.2. The Kier molecular flexibility index (Phi) is 13.3. The van der Waals surface area contributed by atoms with E-state index in [0.717, 1.165) is 80.7 Å². The zero-order valence-electron chi connectivity index (χ0n) is 31.4. The molecule has 0 bridgehead atoms. The van der Waals surface area contributed by atoms with Crippen LogP contribution in [0, 0.1) is 46.3 Å². The highest BCUT2D eigenvalue weighted by Crippen LogP contribution is 2.67. The predicted molar refractivity (Wildman–Crippen MR) is 190 cm³/mol. The topological polar surface area (TPSA) is 53.1 Å². The lowest BCUT2D eigenvalue weighted by Gasteiger charge is -2.58. The number of fused-ring (bicyclic) bond motifs is 5. The van der Waals surface area contributed by atoms with Gasteiger partial charge in [0.2, 0.25) is 5.91 Å². The number of amides is 1. The Balaban J connectivity index is 1.32. The molecular weight excluding hydrogens is 570 g/mol. The summed E-state index contributed by atoms with van der Waals surface area (Å²) in [6.45, 7) is 15.7. The molecule has 0 aromatic heterocycles. The second kappa shape index (κ2) is 16.3. The molecule has 3 saturated carbocycles. The van der Waals surface area contributed by atoms with E-state index in [1.807, 2.05) is 4.90 Å². The molecule has 1 unspecified atom stereocenters. The molecular formula is C40H71N3O3. The average Bonchev–Trinajstić information content (AvgIpc) is 3.33. The van der Waals surface area contributed by atoms with Crippen molar-refractivity contribution in [2.75, 3.05) is 54.4 Å². The molecule has 6 nitrogen and oxygen atoms in total. The molecule has 0 saturated heterocycles. The molecule has 0 heterocycles. The van der Waals surface area contributed by atoms with Crippen LogP contribution in [-0.4, -0.2) is 87.0 Å². The highest BCUT2D eigenvalue weighted by Gasteiger charge is 2.59. The van der Waals surface area contributed by atoms with Gasteiger partial charge < -0.3 is 19.4 Å². The first-order chi connectivity index (χ1) is 21.7. The minimum Gasteiger partial charge on any atom is -0.462 e. The number of esters is 1. The van der Waals surface area contributed by atoms with Crippen LogP contribution in [0.2, 0.25) is 0 Å². The van der Waals surface area contributed by atoms with Crippen molar-refractivity contribution in [1.29, 1.82) is 0 Å². The van der Waals surface area contributed by atoms with Gasteiger partial charge in [0.25, 0.3) is 0 Å². The molecule has 0 N–H and O–H groups in total. The number of allylic oxidation sites excluding steroid dienone is 1. The first-order valence-corrected chi connectivity index (χ1v) is 19.2. The van der Waals surface area contributed by atoms with Crippen LogP contribution in [0.1, 0.15) is 125 Å². The molecule has 8 atom stereocenters. The lowest BCUT2D eigenvalue weighted by atomic mass is 9.47. The summed E-state index contributed by atoms with van der Waals surface area (Å²) in [6, 6.07) is 0. The maximum atomic E-state index is 13.2. The van der Waals surface area contributed by atoms with Crippen molar-refractivity contribution in [3.05, 3.63) is 11.6 Å². The van der Waals surface area contributed by atoms with Crippen LogP contribution in [0.4, 0.5) is 0 Å². The molecule has 0 spiro atoms. The lowest BCUT2D eigenvalue weighted by molar-refractivity contribution is -0.155. The van der Waals surface area contributed by atoms with Gasteiger partial charge in [0, 0.05) is 19.5 Å². The van der Waals surface area contributed by atoms with Gasteiger partial charge in [0.1, 0.15) is 12.5 Å². The smallest absolute Gasteiger partial charge is 0.315 e. The second-order valence-electron chi connectivity index (χ2n) is 17.5. The van der Waals surface area contributed by atoms with E-state index < -0.39 is 0 Å². The monoisotopic (exact) mass is 642 g/mol. The Morgan fingerprint density at radius 3 is 2.15 bits per heavy atom. The minimum absolute atomic E-state index is 0.0859. The molecule has 0 aliphatic heterocycles. The molecule has 4 rings (SSSR count). The van der Waals surface area contributed by atoms with E-state index in [1.54, 1.807) is 5.57 Å². The minimum atomic E-state index is -0.342. The van der Waals surface area contributed by atoms with Gasteiger partial charge in [0.15, 0.2) is 0 Å². The van der Waals surface area contributed by atoms with Crippen molar-refractivity contribution in [3.8, 4) is 0 Å². The molecule has 0 radical (unpaired) electrons. The summed E-state index contributed by atoms with van der Waals surface area (Å²) < 4.78 is 6.06. The summed E-state index contributed by atoms with van der Waals surface area (Å²) in [4.78, 5) is 32.5. The lowest BCUT2D eigenvalue weighted by Crippen LogP contribution is -2.51. The van der Waals surface area contributed by atoms with E-state index >= 15 is 0 Å². The maximum Gasteiger partial charge on any atom is 0.315 e. The van der Waals surface area contributed by atoms with Gasteiger partial charge in [-0.1, -0.05) is 65.5 Å². The third kappa shape index (κ3) is 8.98. The Hall–Kier alpha value is -1.40. The molecule has 0 aromatic carbocycles. The Morgan fingerprint density at radius 1 is 0.848 bits per heavy atom. The van der Waals surface area contributed by atoms with E-state index in [0.29, 0.717) is 18.5 Å². The fraction of sp³-hybridized carbons (Fsp3) is 0.900. The zero-order chi connectivity index (χ0) is 33.6. The van der Waals surface area contributed by atoms with Crippen molar-refractivity contribution in [2.45, 2.75) is 131 Å². The number of carbonyl (C=O) groups excluding carboxylic acids is 2. The number of carbonyl (C=O) groups is 2. The zero-order valence-corrected chi connectivity index (χ0v) is 31.4. The highest BCUT2D eigenvalue weighted by molar-refractivity contribution is 5.94. The Bertz CT molecular complexity index is 1020. The Morgan fingerprint density at radius 2 is 1.52 bits per heavy atom. The van der Waals surface area contributed by atoms with Gasteiger partial charge in [-0.25, -0.2) is 0 Å². The molecule has 1 amide bonds. The van der Waals surface area contributed by atoms with Gasteiger partial charge in [-0.15, -0.1) is 0 Å². The van der Waals surface area contributed by atoms with Crippen LogP contribution in [0.15, 0.2) is 11.6 Å². The van der Waals surface area contributed by atoms with Crippen LogP contribution in [0.25, 0.3) is 0 Å². The van der Waals surface area contributed by atoms with E-state index in [9.17, 15) is 9.59 Å². The summed E-state index contributed by atoms with van der Waals surface area (Å²) >= 11 is 0. The summed E-state index contributed by atoms with van der Waals surface area (Å²) in [5.41, 5.74) is 2.28. The number of hydrogen-bond acceptors (Lipinski definition) is 5. The fourth-order valence-corrected chi connectivity index (χ4v) is 10.7. The first kappa shape index (κ1) is 37.4.